The van der Waals surface area contributed by atoms with Gasteiger partial charge in [-0.3, -0.25) is 9.97 Å². The lowest BCUT2D eigenvalue weighted by Gasteiger charge is -2.14. The first kappa shape index (κ1) is 22.6. The summed E-state index contributed by atoms with van der Waals surface area (Å²) in [6.45, 7) is 0. The number of fused-ring (bicyclic) bond motifs is 5. The summed E-state index contributed by atoms with van der Waals surface area (Å²) in [4.78, 5) is 14.2. The maximum atomic E-state index is 5.06. The van der Waals surface area contributed by atoms with Gasteiger partial charge in [-0.2, -0.15) is 0 Å². The predicted molar refractivity (Wildman–Crippen MR) is 166 cm³/mol. The van der Waals surface area contributed by atoms with Crippen LogP contribution in [0.25, 0.3) is 77.0 Å². The molecular weight excluding hydrogens is 486 g/mol. The Bertz CT molecular complexity index is 2220. The van der Waals surface area contributed by atoms with Crippen LogP contribution in [0.1, 0.15) is 0 Å². The highest BCUT2D eigenvalue weighted by atomic mass is 14.7. The molecular formula is C37H23N3. The normalized spacial score (nSPS) is 11.5. The van der Waals surface area contributed by atoms with E-state index in [0.717, 1.165) is 43.6 Å². The number of aromatic nitrogens is 3. The van der Waals surface area contributed by atoms with E-state index in [1.54, 1.807) is 0 Å². The molecule has 0 aliphatic carbocycles. The second-order valence-corrected chi connectivity index (χ2v) is 10.1. The molecule has 0 aliphatic heterocycles. The molecule has 40 heavy (non-hydrogen) atoms. The minimum atomic E-state index is 0.934. The average molecular weight is 510 g/mol. The summed E-state index contributed by atoms with van der Waals surface area (Å²) in [6.07, 6.45) is 3.68. The molecule has 0 unspecified atom stereocenters. The second-order valence-electron chi connectivity index (χ2n) is 10.1. The van der Waals surface area contributed by atoms with Gasteiger partial charge in [-0.1, -0.05) is 91.0 Å². The van der Waals surface area contributed by atoms with Gasteiger partial charge in [-0.25, -0.2) is 4.98 Å². The van der Waals surface area contributed by atoms with Gasteiger partial charge in [0, 0.05) is 39.5 Å². The van der Waals surface area contributed by atoms with Crippen molar-refractivity contribution in [3.63, 3.8) is 0 Å². The lowest BCUT2D eigenvalue weighted by molar-refractivity contribution is 1.40. The molecule has 3 heterocycles. The molecule has 0 saturated carbocycles. The Balaban J connectivity index is 1.26. The van der Waals surface area contributed by atoms with Crippen molar-refractivity contribution in [1.29, 1.82) is 0 Å². The van der Waals surface area contributed by atoms with Crippen LogP contribution < -0.4 is 0 Å². The van der Waals surface area contributed by atoms with Crippen molar-refractivity contribution in [2.75, 3.05) is 0 Å². The number of hydrogen-bond donors (Lipinski definition) is 0. The Morgan fingerprint density at radius 3 is 1.98 bits per heavy atom. The lowest BCUT2D eigenvalue weighted by Crippen LogP contribution is -1.92. The largest absolute Gasteiger partial charge is 0.256 e. The highest BCUT2D eigenvalue weighted by Gasteiger charge is 2.14. The maximum absolute atomic E-state index is 5.06. The summed E-state index contributed by atoms with van der Waals surface area (Å²) in [5, 5.41) is 4.50. The molecule has 3 heteroatoms. The van der Waals surface area contributed by atoms with Crippen LogP contribution in [-0.2, 0) is 0 Å². The van der Waals surface area contributed by atoms with Crippen LogP contribution >= 0.6 is 0 Å². The molecule has 0 fully saturated rings. The number of hydrogen-bond acceptors (Lipinski definition) is 3. The molecule has 0 N–H and O–H groups in total. The van der Waals surface area contributed by atoms with Gasteiger partial charge in [-0.05, 0) is 64.2 Å². The van der Waals surface area contributed by atoms with Gasteiger partial charge >= 0.3 is 0 Å². The van der Waals surface area contributed by atoms with Crippen molar-refractivity contribution in [3.05, 3.63) is 140 Å². The fraction of sp³-hybridized carbons (Fsp3) is 0. The van der Waals surface area contributed by atoms with E-state index in [0.29, 0.717) is 0 Å². The zero-order valence-corrected chi connectivity index (χ0v) is 21.6. The van der Waals surface area contributed by atoms with Crippen LogP contribution in [0.2, 0.25) is 0 Å². The minimum absolute atomic E-state index is 0.934. The fourth-order valence-electron chi connectivity index (χ4n) is 5.77. The quantitative estimate of drug-likeness (QED) is 0.176. The fourth-order valence-corrected chi connectivity index (χ4v) is 5.77. The summed E-state index contributed by atoms with van der Waals surface area (Å²) < 4.78 is 0. The summed E-state index contributed by atoms with van der Waals surface area (Å²) in [5.41, 5.74) is 11.0. The number of rotatable bonds is 3. The molecule has 0 saturated heterocycles. The van der Waals surface area contributed by atoms with E-state index in [2.05, 4.69) is 114 Å². The van der Waals surface area contributed by atoms with E-state index in [9.17, 15) is 0 Å². The molecule has 5 aromatic carbocycles. The SMILES string of the molecule is c1cc(-c2ccc(-c3ccc4ncccc4c3)cc2)cc(-c2c3ccccc3nc3c2ccc2cccnc23)c1. The molecule has 0 spiro atoms. The van der Waals surface area contributed by atoms with Gasteiger partial charge in [-0.15, -0.1) is 0 Å². The number of pyridine rings is 3. The highest BCUT2D eigenvalue weighted by Crippen LogP contribution is 2.38. The third-order valence-corrected chi connectivity index (χ3v) is 7.73. The Kier molecular flexibility index (Phi) is 5.14. The van der Waals surface area contributed by atoms with Crippen molar-refractivity contribution in [2.24, 2.45) is 0 Å². The topological polar surface area (TPSA) is 38.7 Å². The van der Waals surface area contributed by atoms with Gasteiger partial charge in [0.25, 0.3) is 0 Å². The van der Waals surface area contributed by atoms with Gasteiger partial charge in [0.05, 0.1) is 22.1 Å². The minimum Gasteiger partial charge on any atom is -0.256 e. The van der Waals surface area contributed by atoms with Gasteiger partial charge in [0.15, 0.2) is 0 Å². The molecule has 8 rings (SSSR count). The van der Waals surface area contributed by atoms with Gasteiger partial charge in [0.2, 0.25) is 0 Å². The highest BCUT2D eigenvalue weighted by molar-refractivity contribution is 6.16. The van der Waals surface area contributed by atoms with Crippen molar-refractivity contribution in [1.82, 2.24) is 15.0 Å². The smallest absolute Gasteiger partial charge is 0.0978 e. The van der Waals surface area contributed by atoms with Crippen molar-refractivity contribution in [2.45, 2.75) is 0 Å². The zero-order valence-electron chi connectivity index (χ0n) is 21.6. The van der Waals surface area contributed by atoms with E-state index in [-0.39, 0.29) is 0 Å². The van der Waals surface area contributed by atoms with Gasteiger partial charge in [0.1, 0.15) is 0 Å². The van der Waals surface area contributed by atoms with Crippen LogP contribution in [0.15, 0.2) is 140 Å². The maximum Gasteiger partial charge on any atom is 0.0978 e. The third-order valence-electron chi connectivity index (χ3n) is 7.73. The van der Waals surface area contributed by atoms with Crippen LogP contribution in [0, 0.1) is 0 Å². The van der Waals surface area contributed by atoms with E-state index in [4.69, 9.17) is 9.97 Å². The van der Waals surface area contributed by atoms with Crippen molar-refractivity contribution >= 4 is 43.6 Å². The number of benzene rings is 5. The summed E-state index contributed by atoms with van der Waals surface area (Å²) >= 11 is 0. The van der Waals surface area contributed by atoms with E-state index in [1.807, 2.05) is 30.6 Å². The standard InChI is InChI=1S/C37H23N3/c1-2-11-34-31(10-1)35(32-18-16-26-8-4-21-39-36(26)37(32)40-34)30-7-3-6-27(23-30)24-12-14-25(15-13-24)28-17-19-33-29(22-28)9-5-20-38-33/h1-23H. The van der Waals surface area contributed by atoms with E-state index in [1.165, 1.54) is 33.4 Å². The first-order valence-corrected chi connectivity index (χ1v) is 13.4. The first-order valence-electron chi connectivity index (χ1n) is 13.4. The van der Waals surface area contributed by atoms with Crippen LogP contribution in [0.5, 0.6) is 0 Å². The summed E-state index contributed by atoms with van der Waals surface area (Å²) in [7, 11) is 0. The molecule has 0 atom stereocenters. The Morgan fingerprint density at radius 2 is 1.10 bits per heavy atom. The second kappa shape index (κ2) is 9.11. The van der Waals surface area contributed by atoms with Crippen molar-refractivity contribution < 1.29 is 0 Å². The average Bonchev–Trinajstić information content (AvgIpc) is 3.03. The molecule has 0 amide bonds. The monoisotopic (exact) mass is 509 g/mol. The number of nitrogens with zero attached hydrogens (tertiary/aromatic N) is 3. The molecule has 8 aromatic rings. The van der Waals surface area contributed by atoms with Gasteiger partial charge < -0.3 is 0 Å². The van der Waals surface area contributed by atoms with Crippen LogP contribution in [0.3, 0.4) is 0 Å². The molecule has 3 aromatic heterocycles. The Labute approximate surface area is 231 Å². The molecule has 186 valence electrons. The molecule has 0 radical (unpaired) electrons. The lowest BCUT2D eigenvalue weighted by atomic mass is 9.92. The zero-order chi connectivity index (χ0) is 26.5. The molecule has 3 nitrogen and oxygen atoms in total. The van der Waals surface area contributed by atoms with Crippen LogP contribution in [0.4, 0.5) is 0 Å². The van der Waals surface area contributed by atoms with Crippen LogP contribution in [-0.4, -0.2) is 15.0 Å². The summed E-state index contributed by atoms with van der Waals surface area (Å²) in [6, 6.07) is 45.0. The molecule has 0 bridgehead atoms. The van der Waals surface area contributed by atoms with E-state index >= 15 is 0 Å². The van der Waals surface area contributed by atoms with Crippen molar-refractivity contribution in [3.8, 4) is 33.4 Å². The summed E-state index contributed by atoms with van der Waals surface area (Å²) in [5.74, 6) is 0. The Morgan fingerprint density at radius 1 is 0.375 bits per heavy atom. The Hall–Kier alpha value is -5.41. The number of para-hydroxylation sites is 1. The van der Waals surface area contributed by atoms with E-state index < -0.39 is 0 Å². The molecule has 0 aliphatic rings. The third kappa shape index (κ3) is 3.71. The predicted octanol–water partition coefficient (Wildman–Crippen LogP) is 9.49. The first-order chi connectivity index (χ1) is 19.8.